The fourth-order valence-electron chi connectivity index (χ4n) is 1.72. The molecule has 5 heteroatoms. The number of carbonyl (C=O) groups is 2. The Morgan fingerprint density at radius 1 is 1.50 bits per heavy atom. The van der Waals surface area contributed by atoms with Crippen LogP contribution in [0.25, 0.3) is 0 Å². The maximum absolute atomic E-state index is 12.0. The van der Waals surface area contributed by atoms with E-state index in [9.17, 15) is 9.59 Å². The number of aromatic nitrogens is 1. The van der Waals surface area contributed by atoms with Gasteiger partial charge in [0.15, 0.2) is 0 Å². The van der Waals surface area contributed by atoms with Crippen LogP contribution in [-0.4, -0.2) is 28.1 Å². The third-order valence-corrected chi connectivity index (χ3v) is 3.22. The number of aliphatic carboxylic acids is 1. The summed E-state index contributed by atoms with van der Waals surface area (Å²) >= 11 is 0. The molecule has 0 radical (unpaired) electrons. The first-order valence-electron chi connectivity index (χ1n) is 6.10. The van der Waals surface area contributed by atoms with E-state index in [4.69, 9.17) is 5.11 Å². The summed E-state index contributed by atoms with van der Waals surface area (Å²) in [5.74, 6) is -1.12. The van der Waals surface area contributed by atoms with Crippen LogP contribution < -0.4 is 5.32 Å². The zero-order valence-corrected chi connectivity index (χ0v) is 10.6. The molecule has 1 aromatic heterocycles. The number of nitrogens with one attached hydrogen (secondary N) is 1. The zero-order chi connectivity index (χ0) is 13.3. The summed E-state index contributed by atoms with van der Waals surface area (Å²) in [5.41, 5.74) is -0.342. The Labute approximate surface area is 106 Å². The Bertz CT molecular complexity index is 472. The Morgan fingerprint density at radius 2 is 2.17 bits per heavy atom. The Hall–Kier alpha value is -1.78. The lowest BCUT2D eigenvalue weighted by molar-refractivity contribution is -0.146. The van der Waals surface area contributed by atoms with Crippen LogP contribution in [0.1, 0.15) is 43.2 Å². The summed E-state index contributed by atoms with van der Waals surface area (Å²) in [5, 5.41) is 11.7. The van der Waals surface area contributed by atoms with E-state index in [2.05, 4.69) is 5.32 Å². The van der Waals surface area contributed by atoms with E-state index in [0.29, 0.717) is 11.7 Å². The molecule has 0 unspecified atom stereocenters. The molecule has 0 spiro atoms. The first-order valence-corrected chi connectivity index (χ1v) is 6.10. The largest absolute Gasteiger partial charge is 0.481 e. The average molecular weight is 250 g/mol. The van der Waals surface area contributed by atoms with Crippen molar-refractivity contribution < 1.29 is 14.7 Å². The SMILES string of the molecule is CC(C)(CNC(=O)c1cccn1C1CC1)C(=O)O. The number of amides is 1. The molecular weight excluding hydrogens is 232 g/mol. The van der Waals surface area contributed by atoms with Gasteiger partial charge in [-0.15, -0.1) is 0 Å². The van der Waals surface area contributed by atoms with Gasteiger partial charge in [0.2, 0.25) is 0 Å². The van der Waals surface area contributed by atoms with Gasteiger partial charge in [-0.2, -0.15) is 0 Å². The molecule has 1 saturated carbocycles. The molecule has 1 aliphatic rings. The molecule has 1 aliphatic carbocycles. The second-order valence-corrected chi connectivity index (χ2v) is 5.40. The van der Waals surface area contributed by atoms with Crippen molar-refractivity contribution in [3.63, 3.8) is 0 Å². The molecule has 0 aromatic carbocycles. The van der Waals surface area contributed by atoms with Crippen molar-refractivity contribution in [3.8, 4) is 0 Å². The third kappa shape index (κ3) is 2.55. The van der Waals surface area contributed by atoms with Crippen molar-refractivity contribution >= 4 is 11.9 Å². The lowest BCUT2D eigenvalue weighted by Gasteiger charge is -2.19. The van der Waals surface area contributed by atoms with Crippen molar-refractivity contribution in [2.45, 2.75) is 32.7 Å². The summed E-state index contributed by atoms with van der Waals surface area (Å²) in [6, 6.07) is 4.05. The topological polar surface area (TPSA) is 71.3 Å². The lowest BCUT2D eigenvalue weighted by atomic mass is 9.94. The van der Waals surface area contributed by atoms with E-state index in [1.165, 1.54) is 0 Å². The fourth-order valence-corrected chi connectivity index (χ4v) is 1.72. The molecule has 0 atom stereocenters. The molecule has 1 aromatic rings. The number of nitrogens with zero attached hydrogens (tertiary/aromatic N) is 1. The van der Waals surface area contributed by atoms with Gasteiger partial charge in [-0.05, 0) is 38.8 Å². The van der Waals surface area contributed by atoms with Crippen molar-refractivity contribution in [3.05, 3.63) is 24.0 Å². The summed E-state index contributed by atoms with van der Waals surface area (Å²) in [6.45, 7) is 3.31. The maximum Gasteiger partial charge on any atom is 0.310 e. The number of hydrogen-bond donors (Lipinski definition) is 2. The molecule has 0 bridgehead atoms. The number of carbonyl (C=O) groups excluding carboxylic acids is 1. The molecule has 1 heterocycles. The van der Waals surface area contributed by atoms with E-state index >= 15 is 0 Å². The monoisotopic (exact) mass is 250 g/mol. The predicted molar refractivity (Wildman–Crippen MR) is 66.5 cm³/mol. The standard InChI is InChI=1S/C13H18N2O3/c1-13(2,12(17)18)8-14-11(16)10-4-3-7-15(10)9-5-6-9/h3-4,7,9H,5-6,8H2,1-2H3,(H,14,16)(H,17,18). The minimum Gasteiger partial charge on any atom is -0.481 e. The second kappa shape index (κ2) is 4.48. The van der Waals surface area contributed by atoms with E-state index < -0.39 is 11.4 Å². The van der Waals surface area contributed by atoms with Crippen molar-refractivity contribution in [1.29, 1.82) is 0 Å². The molecular formula is C13H18N2O3. The molecule has 1 fully saturated rings. The smallest absolute Gasteiger partial charge is 0.310 e. The first-order chi connectivity index (χ1) is 8.42. The quantitative estimate of drug-likeness (QED) is 0.835. The molecule has 0 aliphatic heterocycles. The van der Waals surface area contributed by atoms with Crippen LogP contribution in [0.2, 0.25) is 0 Å². The second-order valence-electron chi connectivity index (χ2n) is 5.40. The van der Waals surface area contributed by atoms with Gasteiger partial charge >= 0.3 is 5.97 Å². The number of rotatable bonds is 5. The van der Waals surface area contributed by atoms with Crippen LogP contribution in [-0.2, 0) is 4.79 Å². The van der Waals surface area contributed by atoms with E-state index in [1.54, 1.807) is 19.9 Å². The fraction of sp³-hybridized carbons (Fsp3) is 0.538. The predicted octanol–water partition coefficient (Wildman–Crippen LogP) is 1.66. The van der Waals surface area contributed by atoms with E-state index in [1.807, 2.05) is 16.8 Å². The van der Waals surface area contributed by atoms with Gasteiger partial charge in [-0.25, -0.2) is 0 Å². The molecule has 2 N–H and O–H groups in total. The van der Waals surface area contributed by atoms with Crippen molar-refractivity contribution in [2.75, 3.05) is 6.54 Å². The summed E-state index contributed by atoms with van der Waals surface area (Å²) in [6.07, 6.45) is 4.11. The van der Waals surface area contributed by atoms with Gasteiger partial charge in [0.1, 0.15) is 5.69 Å². The van der Waals surface area contributed by atoms with Crippen LogP contribution in [0.3, 0.4) is 0 Å². The Kier molecular flexibility index (Phi) is 3.15. The number of hydrogen-bond acceptors (Lipinski definition) is 2. The lowest BCUT2D eigenvalue weighted by Crippen LogP contribution is -2.39. The Balaban J connectivity index is 1.99. The molecule has 18 heavy (non-hydrogen) atoms. The van der Waals surface area contributed by atoms with Crippen LogP contribution in [0.15, 0.2) is 18.3 Å². The Morgan fingerprint density at radius 3 is 2.72 bits per heavy atom. The summed E-state index contributed by atoms with van der Waals surface area (Å²) in [4.78, 5) is 23.0. The highest BCUT2D eigenvalue weighted by atomic mass is 16.4. The van der Waals surface area contributed by atoms with E-state index in [-0.39, 0.29) is 12.5 Å². The van der Waals surface area contributed by atoms with E-state index in [0.717, 1.165) is 12.8 Å². The average Bonchev–Trinajstić information content (AvgIpc) is 3.04. The minimum atomic E-state index is -0.952. The van der Waals surface area contributed by atoms with Gasteiger partial charge in [0.25, 0.3) is 5.91 Å². The van der Waals surface area contributed by atoms with Gasteiger partial charge < -0.3 is 15.0 Å². The number of carboxylic acid groups (broad SMARTS) is 1. The normalized spacial score (nSPS) is 15.4. The summed E-state index contributed by atoms with van der Waals surface area (Å²) < 4.78 is 1.96. The highest BCUT2D eigenvalue weighted by molar-refractivity contribution is 5.93. The first kappa shape index (κ1) is 12.7. The highest BCUT2D eigenvalue weighted by Gasteiger charge is 2.30. The van der Waals surface area contributed by atoms with Gasteiger partial charge in [0.05, 0.1) is 5.41 Å². The number of carboxylic acids is 1. The minimum absolute atomic E-state index is 0.122. The van der Waals surface area contributed by atoms with Crippen molar-refractivity contribution in [1.82, 2.24) is 9.88 Å². The highest BCUT2D eigenvalue weighted by Crippen LogP contribution is 2.35. The maximum atomic E-state index is 12.0. The molecule has 1 amide bonds. The van der Waals surface area contributed by atoms with Crippen LogP contribution in [0.4, 0.5) is 0 Å². The molecule has 0 saturated heterocycles. The van der Waals surface area contributed by atoms with Crippen LogP contribution in [0.5, 0.6) is 0 Å². The molecule has 98 valence electrons. The van der Waals surface area contributed by atoms with Gasteiger partial charge in [-0.3, -0.25) is 9.59 Å². The molecule has 5 nitrogen and oxygen atoms in total. The summed E-state index contributed by atoms with van der Waals surface area (Å²) in [7, 11) is 0. The van der Waals surface area contributed by atoms with Crippen molar-refractivity contribution in [2.24, 2.45) is 5.41 Å². The van der Waals surface area contributed by atoms with Crippen LogP contribution >= 0.6 is 0 Å². The van der Waals surface area contributed by atoms with Gasteiger partial charge in [0, 0.05) is 18.8 Å². The third-order valence-electron chi connectivity index (χ3n) is 3.22. The van der Waals surface area contributed by atoms with Crippen LogP contribution in [0, 0.1) is 5.41 Å². The zero-order valence-electron chi connectivity index (χ0n) is 10.6. The molecule has 2 rings (SSSR count). The van der Waals surface area contributed by atoms with Gasteiger partial charge in [-0.1, -0.05) is 0 Å².